The van der Waals surface area contributed by atoms with Crippen LogP contribution in [0.4, 0.5) is 5.13 Å². The van der Waals surface area contributed by atoms with E-state index >= 15 is 0 Å². The molecule has 1 amide bonds. The molecular weight excluding hydrogens is 240 g/mol. The molecule has 16 heavy (non-hydrogen) atoms. The van der Waals surface area contributed by atoms with Crippen molar-refractivity contribution in [1.82, 2.24) is 4.98 Å². The lowest BCUT2D eigenvalue weighted by molar-refractivity contribution is -0.117. The molecule has 0 spiro atoms. The van der Waals surface area contributed by atoms with Crippen molar-refractivity contribution >= 4 is 35.0 Å². The fourth-order valence-corrected chi connectivity index (χ4v) is 3.23. The number of nitrogens with zero attached hydrogens (tertiary/aromatic N) is 2. The van der Waals surface area contributed by atoms with Crippen LogP contribution in [0.3, 0.4) is 0 Å². The highest BCUT2D eigenvalue weighted by Gasteiger charge is 2.33. The maximum absolute atomic E-state index is 11.8. The molecule has 1 saturated carbocycles. The zero-order chi connectivity index (χ0) is 11.1. The van der Waals surface area contributed by atoms with Crippen LogP contribution in [0.15, 0.2) is 5.38 Å². The fraction of sp³-hybridized carbons (Fsp3) is 0.636. The van der Waals surface area contributed by atoms with Gasteiger partial charge in [0.1, 0.15) is 0 Å². The Balaban J connectivity index is 1.78. The van der Waals surface area contributed by atoms with E-state index in [1.807, 2.05) is 4.90 Å². The van der Waals surface area contributed by atoms with Crippen molar-refractivity contribution < 1.29 is 4.79 Å². The topological polar surface area (TPSA) is 33.2 Å². The average Bonchev–Trinajstić information content (AvgIpc) is 2.89. The quantitative estimate of drug-likeness (QED) is 0.840. The van der Waals surface area contributed by atoms with Gasteiger partial charge in [-0.05, 0) is 24.5 Å². The standard InChI is InChI=1S/C11H14N2OS2/c14-10-3-7(5-15)4-13(10)11-12-9(6-16-11)8-1-2-8/h6-8,15H,1-5H2. The van der Waals surface area contributed by atoms with Crippen molar-refractivity contribution in [2.45, 2.75) is 25.2 Å². The molecule has 1 aromatic rings. The maximum atomic E-state index is 11.8. The van der Waals surface area contributed by atoms with Crippen molar-refractivity contribution in [3.05, 3.63) is 11.1 Å². The van der Waals surface area contributed by atoms with Crippen molar-refractivity contribution in [3.8, 4) is 0 Å². The van der Waals surface area contributed by atoms with Crippen LogP contribution in [0.5, 0.6) is 0 Å². The first-order valence-corrected chi connectivity index (χ1v) is 7.16. The molecule has 2 fully saturated rings. The van der Waals surface area contributed by atoms with Gasteiger partial charge in [-0.3, -0.25) is 9.69 Å². The summed E-state index contributed by atoms with van der Waals surface area (Å²) in [5.41, 5.74) is 1.18. The Bertz CT molecular complexity index is 414. The third kappa shape index (κ3) is 1.86. The average molecular weight is 254 g/mol. The molecule has 0 bridgehead atoms. The SMILES string of the molecule is O=C1CC(CS)CN1c1nc(C2CC2)cs1. The van der Waals surface area contributed by atoms with E-state index in [0.717, 1.165) is 17.4 Å². The maximum Gasteiger partial charge on any atom is 0.229 e. The normalized spacial score (nSPS) is 25.4. The van der Waals surface area contributed by atoms with Crippen molar-refractivity contribution in [3.63, 3.8) is 0 Å². The van der Waals surface area contributed by atoms with Gasteiger partial charge in [-0.1, -0.05) is 0 Å². The summed E-state index contributed by atoms with van der Waals surface area (Å²) in [6.45, 7) is 0.792. The van der Waals surface area contributed by atoms with Crippen LogP contribution in [0.2, 0.25) is 0 Å². The molecule has 1 atom stereocenters. The summed E-state index contributed by atoms with van der Waals surface area (Å²) in [6.07, 6.45) is 3.15. The molecule has 86 valence electrons. The molecular formula is C11H14N2OS2. The van der Waals surface area contributed by atoms with Crippen LogP contribution in [-0.2, 0) is 4.79 Å². The first-order valence-electron chi connectivity index (χ1n) is 5.64. The predicted octanol–water partition coefficient (Wildman–Crippen LogP) is 2.30. The van der Waals surface area contributed by atoms with Gasteiger partial charge in [-0.25, -0.2) is 4.98 Å². The van der Waals surface area contributed by atoms with Crippen LogP contribution in [0, 0.1) is 5.92 Å². The van der Waals surface area contributed by atoms with Gasteiger partial charge in [0.25, 0.3) is 0 Å². The Morgan fingerprint density at radius 1 is 1.56 bits per heavy atom. The third-order valence-corrected chi connectivity index (χ3v) is 4.60. The number of thiazole rings is 1. The highest BCUT2D eigenvalue weighted by Crippen LogP contribution is 2.42. The molecule has 3 nitrogen and oxygen atoms in total. The highest BCUT2D eigenvalue weighted by atomic mass is 32.1. The summed E-state index contributed by atoms with van der Waals surface area (Å²) in [5, 5.41) is 2.99. The Morgan fingerprint density at radius 3 is 3.00 bits per heavy atom. The molecule has 2 aliphatic rings. The second-order valence-corrected chi connectivity index (χ2v) is 5.79. The minimum absolute atomic E-state index is 0.204. The number of hydrogen-bond donors (Lipinski definition) is 1. The molecule has 1 aliphatic carbocycles. The molecule has 1 saturated heterocycles. The molecule has 0 N–H and O–H groups in total. The monoisotopic (exact) mass is 254 g/mol. The number of amides is 1. The minimum atomic E-state index is 0.204. The van der Waals surface area contributed by atoms with Crippen LogP contribution in [0.1, 0.15) is 30.9 Å². The number of carbonyl (C=O) groups is 1. The Morgan fingerprint density at radius 2 is 2.38 bits per heavy atom. The summed E-state index contributed by atoms with van der Waals surface area (Å²) >= 11 is 5.86. The van der Waals surface area contributed by atoms with Gasteiger partial charge in [-0.2, -0.15) is 12.6 Å². The van der Waals surface area contributed by atoms with Gasteiger partial charge in [-0.15, -0.1) is 11.3 Å². The van der Waals surface area contributed by atoms with Gasteiger partial charge in [0.05, 0.1) is 5.69 Å². The lowest BCUT2D eigenvalue weighted by atomic mass is 10.1. The number of thiol groups is 1. The van der Waals surface area contributed by atoms with Crippen LogP contribution < -0.4 is 4.90 Å². The first-order chi connectivity index (χ1) is 7.78. The van der Waals surface area contributed by atoms with E-state index in [4.69, 9.17) is 0 Å². The van der Waals surface area contributed by atoms with E-state index in [2.05, 4.69) is 23.0 Å². The first kappa shape index (κ1) is 10.6. The van der Waals surface area contributed by atoms with Crippen LogP contribution in [0.25, 0.3) is 0 Å². The van der Waals surface area contributed by atoms with Crippen molar-refractivity contribution in [2.75, 3.05) is 17.2 Å². The van der Waals surface area contributed by atoms with E-state index in [9.17, 15) is 4.79 Å². The summed E-state index contributed by atoms with van der Waals surface area (Å²) in [6, 6.07) is 0. The van der Waals surface area contributed by atoms with E-state index in [1.54, 1.807) is 11.3 Å². The molecule has 3 rings (SSSR count). The third-order valence-electron chi connectivity index (χ3n) is 3.20. The zero-order valence-electron chi connectivity index (χ0n) is 8.93. The summed E-state index contributed by atoms with van der Waals surface area (Å²) < 4.78 is 0. The van der Waals surface area contributed by atoms with E-state index < -0.39 is 0 Å². The molecule has 2 heterocycles. The minimum Gasteiger partial charge on any atom is -0.288 e. The van der Waals surface area contributed by atoms with Crippen LogP contribution in [-0.4, -0.2) is 23.2 Å². The zero-order valence-corrected chi connectivity index (χ0v) is 10.6. The van der Waals surface area contributed by atoms with Crippen molar-refractivity contribution in [2.24, 2.45) is 5.92 Å². The predicted molar refractivity (Wildman–Crippen MR) is 68.4 cm³/mol. The lowest BCUT2D eigenvalue weighted by Gasteiger charge is -2.11. The second kappa shape index (κ2) is 4.04. The second-order valence-electron chi connectivity index (χ2n) is 4.59. The summed E-state index contributed by atoms with van der Waals surface area (Å²) in [7, 11) is 0. The molecule has 1 aliphatic heterocycles. The Kier molecular flexibility index (Phi) is 2.67. The number of anilines is 1. The number of aromatic nitrogens is 1. The van der Waals surface area contributed by atoms with E-state index in [-0.39, 0.29) is 5.91 Å². The molecule has 5 heteroatoms. The largest absolute Gasteiger partial charge is 0.288 e. The summed E-state index contributed by atoms with van der Waals surface area (Å²) in [4.78, 5) is 18.2. The molecule has 0 radical (unpaired) electrons. The number of carbonyl (C=O) groups excluding carboxylic acids is 1. The summed E-state index contributed by atoms with van der Waals surface area (Å²) in [5.74, 6) is 2.05. The van der Waals surface area contributed by atoms with Gasteiger partial charge in [0.15, 0.2) is 5.13 Å². The molecule has 1 unspecified atom stereocenters. The van der Waals surface area contributed by atoms with Crippen molar-refractivity contribution in [1.29, 1.82) is 0 Å². The lowest BCUT2D eigenvalue weighted by Crippen LogP contribution is -2.24. The highest BCUT2D eigenvalue weighted by molar-refractivity contribution is 7.80. The Hall–Kier alpha value is -0.550. The van der Waals surface area contributed by atoms with E-state index in [1.165, 1.54) is 18.5 Å². The fourth-order valence-electron chi connectivity index (χ4n) is 2.06. The Labute approximate surface area is 104 Å². The number of hydrogen-bond acceptors (Lipinski definition) is 4. The smallest absolute Gasteiger partial charge is 0.229 e. The van der Waals surface area contributed by atoms with Gasteiger partial charge < -0.3 is 0 Å². The van der Waals surface area contributed by atoms with Crippen LogP contribution >= 0.6 is 24.0 Å². The van der Waals surface area contributed by atoms with E-state index in [0.29, 0.717) is 18.3 Å². The number of rotatable bonds is 3. The van der Waals surface area contributed by atoms with Gasteiger partial charge >= 0.3 is 0 Å². The van der Waals surface area contributed by atoms with Gasteiger partial charge in [0, 0.05) is 24.3 Å². The van der Waals surface area contributed by atoms with Gasteiger partial charge in [0.2, 0.25) is 5.91 Å². The molecule has 0 aromatic carbocycles. The molecule has 1 aromatic heterocycles.